The van der Waals surface area contributed by atoms with Crippen LogP contribution in [0.4, 0.5) is 5.69 Å². The fourth-order valence-electron chi connectivity index (χ4n) is 5.90. The van der Waals surface area contributed by atoms with Gasteiger partial charge in [-0.3, -0.25) is 13.9 Å². The van der Waals surface area contributed by atoms with Crippen molar-refractivity contribution in [2.45, 2.75) is 69.5 Å². The molecule has 0 heterocycles. The molecule has 0 aliphatic heterocycles. The second-order valence-corrected chi connectivity index (χ2v) is 14.8. The Morgan fingerprint density at radius 2 is 1.48 bits per heavy atom. The van der Waals surface area contributed by atoms with Gasteiger partial charge in [-0.05, 0) is 74.2 Å². The molecule has 4 aromatic rings. The molecule has 1 aliphatic carbocycles. The minimum atomic E-state index is -4.15. The molecule has 1 N–H and O–H groups in total. The highest BCUT2D eigenvalue weighted by molar-refractivity contribution is 9.10. The summed E-state index contributed by atoms with van der Waals surface area (Å²) in [6.07, 6.45) is 4.21. The van der Waals surface area contributed by atoms with Gasteiger partial charge in [0.2, 0.25) is 11.8 Å². The molecule has 1 atom stereocenters. The Hall–Kier alpha value is -3.95. The van der Waals surface area contributed by atoms with Crippen molar-refractivity contribution in [2.24, 2.45) is 0 Å². The summed E-state index contributed by atoms with van der Waals surface area (Å²) in [5.74, 6) is -0.698. The smallest absolute Gasteiger partial charge is 0.264 e. The van der Waals surface area contributed by atoms with Crippen molar-refractivity contribution in [3.8, 4) is 0 Å². The third-order valence-corrected chi connectivity index (χ3v) is 10.7. The fourth-order valence-corrected chi connectivity index (χ4v) is 7.58. The molecule has 9 heteroatoms. The normalized spacial score (nSPS) is 14.1. The number of nitrogens with zero attached hydrogens (tertiary/aromatic N) is 2. The minimum absolute atomic E-state index is 0.0582. The second-order valence-electron chi connectivity index (χ2n) is 12.0. The van der Waals surface area contributed by atoms with E-state index in [1.54, 1.807) is 53.4 Å². The summed E-state index contributed by atoms with van der Waals surface area (Å²) in [7, 11) is -4.15. The summed E-state index contributed by atoms with van der Waals surface area (Å²) in [6.45, 7) is 3.53. The number of sulfonamides is 1. The maximum atomic E-state index is 14.6. The van der Waals surface area contributed by atoms with Gasteiger partial charge in [-0.2, -0.15) is 0 Å². The first kappa shape index (κ1) is 33.4. The van der Waals surface area contributed by atoms with Crippen molar-refractivity contribution in [2.75, 3.05) is 10.8 Å². The van der Waals surface area contributed by atoms with Crippen LogP contribution in [0.3, 0.4) is 0 Å². The lowest BCUT2D eigenvalue weighted by molar-refractivity contribution is -0.140. The lowest BCUT2D eigenvalue weighted by Gasteiger charge is -2.34. The molecule has 0 aromatic heterocycles. The molecule has 4 aromatic carbocycles. The van der Waals surface area contributed by atoms with Gasteiger partial charge >= 0.3 is 0 Å². The molecule has 0 radical (unpaired) electrons. The van der Waals surface area contributed by atoms with Crippen molar-refractivity contribution in [3.63, 3.8) is 0 Å². The number of amides is 2. The van der Waals surface area contributed by atoms with Crippen LogP contribution in [0.5, 0.6) is 0 Å². The molecule has 1 aliphatic rings. The van der Waals surface area contributed by atoms with Gasteiger partial charge in [0.15, 0.2) is 0 Å². The predicted octanol–water partition coefficient (Wildman–Crippen LogP) is 6.96. The molecule has 7 nitrogen and oxygen atoms in total. The molecular weight excluding hydrogens is 662 g/mol. The fraction of sp³-hybridized carbons (Fsp3) is 0.297. The van der Waals surface area contributed by atoms with Crippen molar-refractivity contribution >= 4 is 43.5 Å². The third-order valence-electron chi connectivity index (χ3n) is 8.41. The van der Waals surface area contributed by atoms with E-state index >= 15 is 0 Å². The van der Waals surface area contributed by atoms with Crippen LogP contribution < -0.4 is 9.62 Å². The average Bonchev–Trinajstić information content (AvgIpc) is 3.55. The molecule has 240 valence electrons. The van der Waals surface area contributed by atoms with E-state index in [1.165, 1.54) is 0 Å². The monoisotopic (exact) mass is 701 g/mol. The second kappa shape index (κ2) is 15.1. The summed E-state index contributed by atoms with van der Waals surface area (Å²) < 4.78 is 30.3. The Morgan fingerprint density at radius 3 is 2.13 bits per heavy atom. The SMILES string of the molecule is Cc1ccc(S(=O)(=O)N(CC(=O)N(Cc2cccc(C)c2)[C@@H](Cc2ccccc2)C(=O)NC2CCCC2)c2ccc(Br)cc2)cc1. The van der Waals surface area contributed by atoms with E-state index in [2.05, 4.69) is 21.2 Å². The van der Waals surface area contributed by atoms with Crippen molar-refractivity contribution in [3.05, 3.63) is 130 Å². The molecule has 1 fully saturated rings. The number of carbonyl (C=O) groups excluding carboxylic acids is 2. The topological polar surface area (TPSA) is 86.8 Å². The van der Waals surface area contributed by atoms with Gasteiger partial charge in [0.25, 0.3) is 10.0 Å². The Balaban J connectivity index is 1.56. The lowest BCUT2D eigenvalue weighted by Crippen LogP contribution is -2.54. The summed E-state index contributed by atoms with van der Waals surface area (Å²) in [6, 6.07) is 30.1. The molecule has 5 rings (SSSR count). The van der Waals surface area contributed by atoms with Crippen LogP contribution in [-0.2, 0) is 32.6 Å². The zero-order chi connectivity index (χ0) is 32.7. The van der Waals surface area contributed by atoms with Crippen molar-refractivity contribution < 1.29 is 18.0 Å². The number of nitrogens with one attached hydrogen (secondary N) is 1. The minimum Gasteiger partial charge on any atom is -0.352 e. The number of rotatable bonds is 12. The van der Waals surface area contributed by atoms with E-state index in [4.69, 9.17) is 0 Å². The van der Waals surface area contributed by atoms with Crippen LogP contribution in [0.25, 0.3) is 0 Å². The summed E-state index contributed by atoms with van der Waals surface area (Å²) in [5.41, 5.74) is 4.07. The Bertz CT molecular complexity index is 1740. The standard InChI is InChI=1S/C37H40BrN3O4S/c1-27-15-21-34(22-16-27)46(44,45)41(33-19-17-31(38)18-20-33)26-36(42)40(25-30-12-8-9-28(2)23-30)35(24-29-10-4-3-5-11-29)37(43)39-32-13-6-7-14-32/h3-5,8-12,15-23,32,35H,6-7,13-14,24-26H2,1-2H3,(H,39,43)/t35-/m0/s1. The zero-order valence-corrected chi connectivity index (χ0v) is 28.6. The molecule has 2 amide bonds. The largest absolute Gasteiger partial charge is 0.352 e. The summed E-state index contributed by atoms with van der Waals surface area (Å²) in [5, 5.41) is 3.21. The van der Waals surface area contributed by atoms with E-state index in [0.29, 0.717) is 12.1 Å². The van der Waals surface area contributed by atoms with Gasteiger partial charge in [-0.15, -0.1) is 0 Å². The Labute approximate surface area is 280 Å². The zero-order valence-electron chi connectivity index (χ0n) is 26.2. The Morgan fingerprint density at radius 1 is 0.826 bits per heavy atom. The number of anilines is 1. The first-order valence-corrected chi connectivity index (χ1v) is 17.9. The highest BCUT2D eigenvalue weighted by atomic mass is 79.9. The maximum absolute atomic E-state index is 14.6. The van der Waals surface area contributed by atoms with Crippen LogP contribution in [0, 0.1) is 13.8 Å². The van der Waals surface area contributed by atoms with Gasteiger partial charge in [0, 0.05) is 23.5 Å². The van der Waals surface area contributed by atoms with Gasteiger partial charge < -0.3 is 10.2 Å². The number of benzene rings is 4. The van der Waals surface area contributed by atoms with Gasteiger partial charge in [-0.1, -0.05) is 107 Å². The van der Waals surface area contributed by atoms with E-state index < -0.39 is 28.5 Å². The third kappa shape index (κ3) is 8.44. The molecule has 1 saturated carbocycles. The van der Waals surface area contributed by atoms with Crippen LogP contribution in [0.2, 0.25) is 0 Å². The number of hydrogen-bond acceptors (Lipinski definition) is 4. The highest BCUT2D eigenvalue weighted by Gasteiger charge is 2.35. The first-order chi connectivity index (χ1) is 22.1. The number of halogens is 1. The quantitative estimate of drug-likeness (QED) is 0.173. The van der Waals surface area contributed by atoms with Crippen LogP contribution in [0.1, 0.15) is 47.9 Å². The molecule has 0 bridgehead atoms. The Kier molecular flexibility index (Phi) is 11.0. The van der Waals surface area contributed by atoms with Gasteiger partial charge in [-0.25, -0.2) is 8.42 Å². The molecule has 0 spiro atoms. The van der Waals surface area contributed by atoms with Gasteiger partial charge in [0.05, 0.1) is 10.6 Å². The van der Waals surface area contributed by atoms with E-state index in [0.717, 1.165) is 56.7 Å². The number of carbonyl (C=O) groups is 2. The van der Waals surface area contributed by atoms with E-state index in [-0.39, 0.29) is 23.4 Å². The van der Waals surface area contributed by atoms with Gasteiger partial charge in [0.1, 0.15) is 12.6 Å². The maximum Gasteiger partial charge on any atom is 0.264 e. The molecular formula is C37H40BrN3O4S. The number of hydrogen-bond donors (Lipinski definition) is 1. The summed E-state index contributed by atoms with van der Waals surface area (Å²) >= 11 is 3.43. The average molecular weight is 703 g/mol. The van der Waals surface area contributed by atoms with Crippen LogP contribution >= 0.6 is 15.9 Å². The predicted molar refractivity (Wildman–Crippen MR) is 186 cm³/mol. The lowest BCUT2D eigenvalue weighted by atomic mass is 10.0. The van der Waals surface area contributed by atoms with E-state index in [1.807, 2.05) is 68.4 Å². The highest BCUT2D eigenvalue weighted by Crippen LogP contribution is 2.27. The van der Waals surface area contributed by atoms with Crippen LogP contribution in [0.15, 0.2) is 112 Å². The van der Waals surface area contributed by atoms with Crippen molar-refractivity contribution in [1.29, 1.82) is 0 Å². The first-order valence-electron chi connectivity index (χ1n) is 15.6. The molecule has 0 saturated heterocycles. The number of aryl methyl sites for hydroxylation is 2. The van der Waals surface area contributed by atoms with Crippen molar-refractivity contribution in [1.82, 2.24) is 10.2 Å². The summed E-state index contributed by atoms with van der Waals surface area (Å²) in [4.78, 5) is 30.4. The molecule has 46 heavy (non-hydrogen) atoms. The van der Waals surface area contributed by atoms with Crippen LogP contribution in [-0.4, -0.2) is 43.8 Å². The molecule has 0 unspecified atom stereocenters. The van der Waals surface area contributed by atoms with E-state index in [9.17, 15) is 18.0 Å².